The van der Waals surface area contributed by atoms with E-state index in [1.807, 2.05) is 0 Å². The smallest absolute Gasteiger partial charge is 0.258 e. The molecule has 21 heavy (non-hydrogen) atoms. The quantitative estimate of drug-likeness (QED) is 0.887. The molecular formula is C14H19Cl2FN2O2. The van der Waals surface area contributed by atoms with Gasteiger partial charge in [-0.1, -0.05) is 18.5 Å². The largest absolute Gasteiger partial charge is 0.482 e. The predicted molar refractivity (Wildman–Crippen MR) is 82.7 cm³/mol. The third kappa shape index (κ3) is 5.34. The van der Waals surface area contributed by atoms with Gasteiger partial charge < -0.3 is 15.4 Å². The molecule has 1 aliphatic heterocycles. The van der Waals surface area contributed by atoms with E-state index in [1.165, 1.54) is 12.1 Å². The van der Waals surface area contributed by atoms with E-state index >= 15 is 0 Å². The molecule has 1 saturated heterocycles. The van der Waals surface area contributed by atoms with Crippen LogP contribution in [0, 0.1) is 11.7 Å². The van der Waals surface area contributed by atoms with Crippen LogP contribution in [0.3, 0.4) is 0 Å². The van der Waals surface area contributed by atoms with Crippen molar-refractivity contribution in [3.8, 4) is 5.75 Å². The van der Waals surface area contributed by atoms with Crippen LogP contribution in [0.25, 0.3) is 0 Å². The molecule has 2 N–H and O–H groups in total. The molecule has 0 aromatic heterocycles. The Morgan fingerprint density at radius 2 is 2.33 bits per heavy atom. The summed E-state index contributed by atoms with van der Waals surface area (Å²) < 4.78 is 18.2. The molecule has 0 spiro atoms. The van der Waals surface area contributed by atoms with Crippen LogP contribution in [0.4, 0.5) is 4.39 Å². The third-order valence-electron chi connectivity index (χ3n) is 3.43. The maximum atomic E-state index is 12.9. The van der Waals surface area contributed by atoms with Crippen LogP contribution in [-0.2, 0) is 4.79 Å². The molecule has 1 aromatic rings. The number of benzene rings is 1. The number of carbonyl (C=O) groups is 1. The Bertz CT molecular complexity index is 488. The van der Waals surface area contributed by atoms with Crippen LogP contribution in [0.2, 0.25) is 5.02 Å². The summed E-state index contributed by atoms with van der Waals surface area (Å²) in [6.45, 7) is 3.73. The summed E-state index contributed by atoms with van der Waals surface area (Å²) in [5, 5.41) is 6.33. The summed E-state index contributed by atoms with van der Waals surface area (Å²) in [6.07, 6.45) is 1.04. The van der Waals surface area contributed by atoms with Gasteiger partial charge in [0.25, 0.3) is 5.91 Å². The Kier molecular flexibility index (Phi) is 7.22. The van der Waals surface area contributed by atoms with E-state index in [1.54, 1.807) is 0 Å². The van der Waals surface area contributed by atoms with Crippen LogP contribution in [0.1, 0.15) is 13.3 Å². The van der Waals surface area contributed by atoms with Crippen molar-refractivity contribution in [2.75, 3.05) is 19.7 Å². The first-order chi connectivity index (χ1) is 9.56. The van der Waals surface area contributed by atoms with Gasteiger partial charge in [0.15, 0.2) is 6.61 Å². The maximum Gasteiger partial charge on any atom is 0.258 e. The normalized spacial score (nSPS) is 21.3. The molecule has 0 bridgehead atoms. The lowest BCUT2D eigenvalue weighted by atomic mass is 9.95. The minimum absolute atomic E-state index is 0. The van der Waals surface area contributed by atoms with Crippen LogP contribution < -0.4 is 15.4 Å². The van der Waals surface area contributed by atoms with Crippen molar-refractivity contribution in [3.63, 3.8) is 0 Å². The highest BCUT2D eigenvalue weighted by Gasteiger charge is 2.22. The molecular weight excluding hydrogens is 318 g/mol. The maximum absolute atomic E-state index is 12.9. The number of hydrogen-bond donors (Lipinski definition) is 2. The number of piperidine rings is 1. The average molecular weight is 337 g/mol. The highest BCUT2D eigenvalue weighted by Crippen LogP contribution is 2.24. The predicted octanol–water partition coefficient (Wildman–Crippen LogP) is 2.39. The molecule has 1 heterocycles. The zero-order chi connectivity index (χ0) is 14.5. The first-order valence-corrected chi connectivity index (χ1v) is 7.02. The molecule has 4 nitrogen and oxygen atoms in total. The first kappa shape index (κ1) is 18.0. The highest BCUT2D eigenvalue weighted by molar-refractivity contribution is 6.32. The Balaban J connectivity index is 0.00000220. The van der Waals surface area contributed by atoms with E-state index in [9.17, 15) is 9.18 Å². The van der Waals surface area contributed by atoms with Gasteiger partial charge in [-0.3, -0.25) is 4.79 Å². The van der Waals surface area contributed by atoms with Gasteiger partial charge in [0, 0.05) is 12.6 Å². The molecule has 1 amide bonds. The zero-order valence-corrected chi connectivity index (χ0v) is 13.3. The molecule has 0 aliphatic carbocycles. The van der Waals surface area contributed by atoms with E-state index in [0.29, 0.717) is 11.7 Å². The van der Waals surface area contributed by atoms with E-state index in [4.69, 9.17) is 16.3 Å². The van der Waals surface area contributed by atoms with Gasteiger partial charge in [-0.2, -0.15) is 0 Å². The van der Waals surface area contributed by atoms with Crippen molar-refractivity contribution in [1.82, 2.24) is 10.6 Å². The molecule has 0 saturated carbocycles. The van der Waals surface area contributed by atoms with E-state index in [-0.39, 0.29) is 36.0 Å². The average Bonchev–Trinajstić information content (AvgIpc) is 2.40. The molecule has 1 aromatic carbocycles. The molecule has 1 aliphatic rings. The minimum Gasteiger partial charge on any atom is -0.482 e. The lowest BCUT2D eigenvalue weighted by molar-refractivity contribution is -0.124. The molecule has 1 fully saturated rings. The van der Waals surface area contributed by atoms with E-state index < -0.39 is 5.82 Å². The Hall–Kier alpha value is -1.04. The highest BCUT2D eigenvalue weighted by atomic mass is 35.5. The number of rotatable bonds is 4. The van der Waals surface area contributed by atoms with Crippen molar-refractivity contribution in [2.45, 2.75) is 19.4 Å². The SMILES string of the molecule is CC1CCNCC1NC(=O)COc1ccc(F)cc1Cl.Cl. The van der Waals surface area contributed by atoms with Crippen LogP contribution in [0.15, 0.2) is 18.2 Å². The second-order valence-corrected chi connectivity index (χ2v) is 5.41. The topological polar surface area (TPSA) is 50.4 Å². The van der Waals surface area contributed by atoms with Crippen LogP contribution >= 0.6 is 24.0 Å². The summed E-state index contributed by atoms with van der Waals surface area (Å²) in [6, 6.07) is 3.92. The van der Waals surface area contributed by atoms with E-state index in [2.05, 4.69) is 17.6 Å². The molecule has 0 radical (unpaired) electrons. The Labute approximate surface area is 134 Å². The van der Waals surface area contributed by atoms with Crippen LogP contribution in [-0.4, -0.2) is 31.6 Å². The third-order valence-corrected chi connectivity index (χ3v) is 3.72. The number of ether oxygens (including phenoxy) is 1. The first-order valence-electron chi connectivity index (χ1n) is 6.64. The lowest BCUT2D eigenvalue weighted by Gasteiger charge is -2.30. The number of nitrogens with one attached hydrogen (secondary N) is 2. The Morgan fingerprint density at radius 1 is 1.57 bits per heavy atom. The Morgan fingerprint density at radius 3 is 3.00 bits per heavy atom. The second kappa shape index (κ2) is 8.41. The second-order valence-electron chi connectivity index (χ2n) is 5.01. The number of carbonyl (C=O) groups excluding carboxylic acids is 1. The summed E-state index contributed by atoms with van der Waals surface area (Å²) in [5.74, 6) is 0.104. The molecule has 118 valence electrons. The summed E-state index contributed by atoms with van der Waals surface area (Å²) in [5.41, 5.74) is 0. The summed E-state index contributed by atoms with van der Waals surface area (Å²) >= 11 is 5.82. The van der Waals surface area contributed by atoms with Gasteiger partial charge in [0.2, 0.25) is 0 Å². The minimum atomic E-state index is -0.436. The van der Waals surface area contributed by atoms with Crippen molar-refractivity contribution in [2.24, 2.45) is 5.92 Å². The number of halogens is 3. The van der Waals surface area contributed by atoms with E-state index in [0.717, 1.165) is 25.6 Å². The van der Waals surface area contributed by atoms with Crippen molar-refractivity contribution in [1.29, 1.82) is 0 Å². The fourth-order valence-electron chi connectivity index (χ4n) is 2.17. The molecule has 2 rings (SSSR count). The number of hydrogen-bond acceptors (Lipinski definition) is 3. The monoisotopic (exact) mass is 336 g/mol. The molecule has 2 atom stereocenters. The van der Waals surface area contributed by atoms with Crippen molar-refractivity contribution < 1.29 is 13.9 Å². The van der Waals surface area contributed by atoms with Crippen molar-refractivity contribution >= 4 is 29.9 Å². The van der Waals surface area contributed by atoms with Crippen molar-refractivity contribution in [3.05, 3.63) is 29.0 Å². The number of amides is 1. The fourth-order valence-corrected chi connectivity index (χ4v) is 2.39. The summed E-state index contributed by atoms with van der Waals surface area (Å²) in [7, 11) is 0. The zero-order valence-electron chi connectivity index (χ0n) is 11.7. The van der Waals surface area contributed by atoms with Gasteiger partial charge in [0.1, 0.15) is 11.6 Å². The molecule has 2 unspecified atom stereocenters. The van der Waals surface area contributed by atoms with Gasteiger partial charge >= 0.3 is 0 Å². The fraction of sp³-hybridized carbons (Fsp3) is 0.500. The van der Waals surface area contributed by atoms with Crippen LogP contribution in [0.5, 0.6) is 5.75 Å². The molecule has 7 heteroatoms. The standard InChI is InChI=1S/C14H18ClFN2O2.ClH/c1-9-4-5-17-7-12(9)18-14(19)8-20-13-3-2-10(16)6-11(13)15;/h2-3,6,9,12,17H,4-5,7-8H2,1H3,(H,18,19);1H. The lowest BCUT2D eigenvalue weighted by Crippen LogP contribution is -2.51. The van der Waals surface area contributed by atoms with Gasteiger partial charge in [-0.25, -0.2) is 4.39 Å². The van der Waals surface area contributed by atoms with Gasteiger partial charge in [0.05, 0.1) is 5.02 Å². The van der Waals surface area contributed by atoms with Gasteiger partial charge in [-0.05, 0) is 37.1 Å². The van der Waals surface area contributed by atoms with Gasteiger partial charge in [-0.15, -0.1) is 12.4 Å². The summed E-state index contributed by atoms with van der Waals surface area (Å²) in [4.78, 5) is 11.8.